The number of hydrogen-bond acceptors (Lipinski definition) is 3. The van der Waals surface area contributed by atoms with Gasteiger partial charge in [0.1, 0.15) is 0 Å². The lowest BCUT2D eigenvalue weighted by atomic mass is 9.92. The van der Waals surface area contributed by atoms with Crippen molar-refractivity contribution in [3.05, 3.63) is 215 Å². The Kier molecular flexibility index (Phi) is 11.5. The van der Waals surface area contributed by atoms with E-state index in [1.807, 2.05) is 0 Å². The zero-order valence-corrected chi connectivity index (χ0v) is 29.1. The second kappa shape index (κ2) is 17.4. The topological polar surface area (TPSA) is 36.1 Å². The molecule has 0 spiro atoms. The predicted octanol–water partition coefficient (Wildman–Crippen LogP) is 10.6. The SMILES string of the molecule is c1ccc(CNCc2ccc(-c3cc(-c4ccc(CNCc5ccccc5)cc4)cc(-c4ccc(CNCc5ccccc5)cc4)c3)cc2)cc1. The maximum atomic E-state index is 3.58. The van der Waals surface area contributed by atoms with Gasteiger partial charge in [0.2, 0.25) is 0 Å². The van der Waals surface area contributed by atoms with Gasteiger partial charge in [-0.2, -0.15) is 0 Å². The average molecular weight is 664 g/mol. The van der Waals surface area contributed by atoms with Crippen LogP contribution in [0, 0.1) is 0 Å². The third kappa shape index (κ3) is 9.78. The molecule has 0 aliphatic heterocycles. The van der Waals surface area contributed by atoms with Crippen LogP contribution < -0.4 is 16.0 Å². The minimum absolute atomic E-state index is 0.833. The van der Waals surface area contributed by atoms with E-state index in [1.165, 1.54) is 66.8 Å². The predicted molar refractivity (Wildman–Crippen MR) is 214 cm³/mol. The maximum absolute atomic E-state index is 3.58. The van der Waals surface area contributed by atoms with Crippen molar-refractivity contribution in [3.63, 3.8) is 0 Å². The Morgan fingerprint density at radius 1 is 0.216 bits per heavy atom. The molecule has 3 nitrogen and oxygen atoms in total. The first-order valence-electron chi connectivity index (χ1n) is 17.9. The Bertz CT molecular complexity index is 1820. The molecule has 7 rings (SSSR count). The molecule has 0 aromatic heterocycles. The molecule has 0 radical (unpaired) electrons. The molecule has 3 N–H and O–H groups in total. The highest BCUT2D eigenvalue weighted by Gasteiger charge is 2.09. The first-order chi connectivity index (χ1) is 25.2. The van der Waals surface area contributed by atoms with Gasteiger partial charge in [-0.25, -0.2) is 0 Å². The molecule has 0 saturated carbocycles. The van der Waals surface area contributed by atoms with Gasteiger partial charge in [-0.15, -0.1) is 0 Å². The minimum atomic E-state index is 0.833. The lowest BCUT2D eigenvalue weighted by Crippen LogP contribution is -2.12. The molecular formula is C48H45N3. The highest BCUT2D eigenvalue weighted by molar-refractivity contribution is 5.81. The fourth-order valence-corrected chi connectivity index (χ4v) is 6.41. The van der Waals surface area contributed by atoms with Crippen LogP contribution in [0.15, 0.2) is 182 Å². The maximum Gasteiger partial charge on any atom is 0.0208 e. The summed E-state index contributed by atoms with van der Waals surface area (Å²) in [4.78, 5) is 0. The highest BCUT2D eigenvalue weighted by atomic mass is 14.9. The molecule has 0 heterocycles. The van der Waals surface area contributed by atoms with Gasteiger partial charge in [0.15, 0.2) is 0 Å². The summed E-state index contributed by atoms with van der Waals surface area (Å²) in [6.45, 7) is 5.08. The van der Waals surface area contributed by atoms with Gasteiger partial charge < -0.3 is 16.0 Å². The number of benzene rings is 7. The smallest absolute Gasteiger partial charge is 0.0208 e. The second-order valence-electron chi connectivity index (χ2n) is 13.2. The molecule has 252 valence electrons. The molecule has 0 fully saturated rings. The van der Waals surface area contributed by atoms with Crippen molar-refractivity contribution in [1.82, 2.24) is 16.0 Å². The van der Waals surface area contributed by atoms with Crippen LogP contribution in [0.3, 0.4) is 0 Å². The van der Waals surface area contributed by atoms with Gasteiger partial charge in [-0.3, -0.25) is 0 Å². The molecule has 0 aliphatic carbocycles. The summed E-state index contributed by atoms with van der Waals surface area (Å²) in [7, 11) is 0. The Labute approximate surface area is 303 Å². The van der Waals surface area contributed by atoms with E-state index in [1.54, 1.807) is 0 Å². The van der Waals surface area contributed by atoms with Crippen molar-refractivity contribution in [3.8, 4) is 33.4 Å². The molecule has 0 amide bonds. The van der Waals surface area contributed by atoms with E-state index in [0.717, 1.165) is 39.3 Å². The third-order valence-corrected chi connectivity index (χ3v) is 9.30. The standard InChI is InChI=1S/C48H45N3/c1-4-10-37(11-5-1)31-49-34-40-16-22-43(23-17-40)46-28-47(44-24-18-41(19-25-44)35-50-32-38-12-6-2-7-13-38)30-48(29-46)45-26-20-42(21-27-45)36-51-33-39-14-8-3-9-15-39/h1-30,49-51H,31-36H2. The van der Waals surface area contributed by atoms with Gasteiger partial charge in [-0.1, -0.05) is 164 Å². The highest BCUT2D eigenvalue weighted by Crippen LogP contribution is 2.33. The van der Waals surface area contributed by atoms with E-state index in [2.05, 4.69) is 198 Å². The minimum Gasteiger partial charge on any atom is -0.309 e. The molecule has 51 heavy (non-hydrogen) atoms. The van der Waals surface area contributed by atoms with Crippen molar-refractivity contribution in [1.29, 1.82) is 0 Å². The number of hydrogen-bond donors (Lipinski definition) is 3. The quantitative estimate of drug-likeness (QED) is 0.102. The molecule has 7 aromatic rings. The van der Waals surface area contributed by atoms with Gasteiger partial charge in [0, 0.05) is 39.3 Å². The summed E-state index contributed by atoms with van der Waals surface area (Å²) in [5.74, 6) is 0. The van der Waals surface area contributed by atoms with Gasteiger partial charge >= 0.3 is 0 Å². The number of nitrogens with one attached hydrogen (secondary N) is 3. The third-order valence-electron chi connectivity index (χ3n) is 9.30. The van der Waals surface area contributed by atoms with Crippen LogP contribution in [0.2, 0.25) is 0 Å². The fraction of sp³-hybridized carbons (Fsp3) is 0.125. The second-order valence-corrected chi connectivity index (χ2v) is 13.2. The summed E-state index contributed by atoms with van der Waals surface area (Å²) < 4.78 is 0. The molecule has 0 atom stereocenters. The fourth-order valence-electron chi connectivity index (χ4n) is 6.41. The van der Waals surface area contributed by atoms with E-state index in [0.29, 0.717) is 0 Å². The largest absolute Gasteiger partial charge is 0.309 e. The van der Waals surface area contributed by atoms with E-state index >= 15 is 0 Å². The summed E-state index contributed by atoms with van der Waals surface area (Å²) in [5, 5.41) is 10.7. The Morgan fingerprint density at radius 2 is 0.431 bits per heavy atom. The van der Waals surface area contributed by atoms with E-state index in [-0.39, 0.29) is 0 Å². The molecule has 0 unspecified atom stereocenters. The summed E-state index contributed by atoms with van der Waals surface area (Å²) in [6, 6.07) is 65.7. The van der Waals surface area contributed by atoms with Crippen LogP contribution >= 0.6 is 0 Å². The first-order valence-corrected chi connectivity index (χ1v) is 17.9. The van der Waals surface area contributed by atoms with Crippen LogP contribution in [0.5, 0.6) is 0 Å². The summed E-state index contributed by atoms with van der Waals surface area (Å²) in [6.07, 6.45) is 0. The van der Waals surface area contributed by atoms with Crippen LogP contribution in [-0.4, -0.2) is 0 Å². The summed E-state index contributed by atoms with van der Waals surface area (Å²) >= 11 is 0. The molecule has 0 aliphatic rings. The van der Waals surface area contributed by atoms with Crippen LogP contribution in [0.1, 0.15) is 33.4 Å². The van der Waals surface area contributed by atoms with Crippen molar-refractivity contribution < 1.29 is 0 Å². The summed E-state index contributed by atoms with van der Waals surface area (Å²) in [5.41, 5.74) is 15.0. The van der Waals surface area contributed by atoms with Crippen LogP contribution in [-0.2, 0) is 39.3 Å². The molecule has 0 bridgehead atoms. The molecular weight excluding hydrogens is 619 g/mol. The first kappa shape index (κ1) is 33.9. The Morgan fingerprint density at radius 3 is 0.667 bits per heavy atom. The normalized spacial score (nSPS) is 11.1. The number of rotatable bonds is 15. The van der Waals surface area contributed by atoms with E-state index in [4.69, 9.17) is 0 Å². The molecule has 7 aromatic carbocycles. The molecule has 3 heteroatoms. The van der Waals surface area contributed by atoms with Gasteiger partial charge in [-0.05, 0) is 85.0 Å². The Balaban J connectivity index is 1.08. The zero-order valence-electron chi connectivity index (χ0n) is 29.1. The van der Waals surface area contributed by atoms with Crippen molar-refractivity contribution in [2.24, 2.45) is 0 Å². The van der Waals surface area contributed by atoms with Crippen molar-refractivity contribution >= 4 is 0 Å². The van der Waals surface area contributed by atoms with Crippen molar-refractivity contribution in [2.75, 3.05) is 0 Å². The van der Waals surface area contributed by atoms with Crippen LogP contribution in [0.25, 0.3) is 33.4 Å². The van der Waals surface area contributed by atoms with Crippen LogP contribution in [0.4, 0.5) is 0 Å². The Hall–Kier alpha value is -5.58. The molecule has 0 saturated heterocycles. The lowest BCUT2D eigenvalue weighted by molar-refractivity contribution is 0.693. The van der Waals surface area contributed by atoms with Gasteiger partial charge in [0.05, 0.1) is 0 Å². The lowest BCUT2D eigenvalue weighted by Gasteiger charge is -2.13. The van der Waals surface area contributed by atoms with E-state index < -0.39 is 0 Å². The average Bonchev–Trinajstić information content (AvgIpc) is 3.20. The zero-order chi connectivity index (χ0) is 34.5. The van der Waals surface area contributed by atoms with E-state index in [9.17, 15) is 0 Å². The van der Waals surface area contributed by atoms with Crippen molar-refractivity contribution in [2.45, 2.75) is 39.3 Å². The monoisotopic (exact) mass is 663 g/mol. The van der Waals surface area contributed by atoms with Gasteiger partial charge in [0.25, 0.3) is 0 Å².